The van der Waals surface area contributed by atoms with E-state index in [4.69, 9.17) is 9.72 Å². The molecule has 0 radical (unpaired) electrons. The Labute approximate surface area is 231 Å². The quantitative estimate of drug-likeness (QED) is 0.129. The van der Waals surface area contributed by atoms with Crippen molar-refractivity contribution in [3.05, 3.63) is 78.9 Å². The summed E-state index contributed by atoms with van der Waals surface area (Å²) in [5.74, 6) is 0.404. The molecule has 5 rings (SSSR count). The second-order valence-corrected chi connectivity index (χ2v) is 11.7. The summed E-state index contributed by atoms with van der Waals surface area (Å²) >= 11 is 6.26. The summed E-state index contributed by atoms with van der Waals surface area (Å²) in [5, 5.41) is 5.30. The molecule has 1 aliphatic carbocycles. The first-order valence-electron chi connectivity index (χ1n) is 11.9. The Bertz CT molecular complexity index is 1560. The van der Waals surface area contributed by atoms with Crippen LogP contribution < -0.4 is 15.7 Å². The number of halogens is 1. The number of methoxy groups -OCH3 is 1. The third-order valence-corrected chi connectivity index (χ3v) is 8.78. The molecule has 10 heteroatoms. The Balaban J connectivity index is 1.41. The molecule has 37 heavy (non-hydrogen) atoms. The fourth-order valence-corrected chi connectivity index (χ4v) is 6.83. The number of fused-ring (bicyclic) bond motifs is 3. The van der Waals surface area contributed by atoms with Gasteiger partial charge in [-0.1, -0.05) is 45.4 Å². The van der Waals surface area contributed by atoms with Gasteiger partial charge in [0.25, 0.3) is 11.5 Å². The van der Waals surface area contributed by atoms with Gasteiger partial charge >= 0.3 is 0 Å². The lowest BCUT2D eigenvalue weighted by atomic mass is 9.97. The summed E-state index contributed by atoms with van der Waals surface area (Å²) in [6.07, 6.45) is 5.67. The van der Waals surface area contributed by atoms with Crippen molar-refractivity contribution < 1.29 is 9.53 Å². The molecular weight excluding hydrogens is 572 g/mol. The average Bonchev–Trinajstić information content (AvgIpc) is 3.27. The minimum Gasteiger partial charge on any atom is -0.496 e. The largest absolute Gasteiger partial charge is 0.496 e. The van der Waals surface area contributed by atoms with Crippen LogP contribution in [0.3, 0.4) is 0 Å². The van der Waals surface area contributed by atoms with Gasteiger partial charge in [-0.25, -0.2) is 10.4 Å². The number of carbonyl (C=O) groups excluding carboxylic acids is 1. The average molecular weight is 598 g/mol. The van der Waals surface area contributed by atoms with Crippen LogP contribution in [0.4, 0.5) is 0 Å². The highest BCUT2D eigenvalue weighted by atomic mass is 79.9. The molecule has 0 bridgehead atoms. The number of hydrazone groups is 1. The molecular formula is C27H25BrN4O3S2. The molecule has 0 spiro atoms. The van der Waals surface area contributed by atoms with Crippen LogP contribution in [0.5, 0.6) is 5.75 Å². The number of aryl methyl sites for hydroxylation is 3. The SMILES string of the molecule is COc1ccc(Br)cc1/C=N\NC(=O)CSc1nc2sc3c(c2c(=O)n1-c1ccc(C)cc1)CCCC3. The van der Waals surface area contributed by atoms with Gasteiger partial charge in [0, 0.05) is 14.9 Å². The van der Waals surface area contributed by atoms with Gasteiger partial charge in [0.05, 0.1) is 30.2 Å². The lowest BCUT2D eigenvalue weighted by molar-refractivity contribution is -0.118. The first-order valence-corrected chi connectivity index (χ1v) is 14.5. The summed E-state index contributed by atoms with van der Waals surface area (Å²) in [4.78, 5) is 33.3. The van der Waals surface area contributed by atoms with Crippen LogP contribution in [0.25, 0.3) is 15.9 Å². The van der Waals surface area contributed by atoms with Crippen molar-refractivity contribution in [2.24, 2.45) is 5.10 Å². The van der Waals surface area contributed by atoms with Crippen LogP contribution in [0, 0.1) is 6.92 Å². The fraction of sp³-hybridized carbons (Fsp3) is 0.259. The van der Waals surface area contributed by atoms with E-state index < -0.39 is 0 Å². The van der Waals surface area contributed by atoms with Gasteiger partial charge in [-0.15, -0.1) is 11.3 Å². The fourth-order valence-electron chi connectivity index (χ4n) is 4.35. The molecule has 2 heterocycles. The van der Waals surface area contributed by atoms with Crippen LogP contribution in [0.15, 0.2) is 62.0 Å². The number of thioether (sulfide) groups is 1. The lowest BCUT2D eigenvalue weighted by Gasteiger charge is -2.13. The molecule has 0 aliphatic heterocycles. The van der Waals surface area contributed by atoms with Crippen LogP contribution in [0.1, 0.15) is 34.4 Å². The van der Waals surface area contributed by atoms with Gasteiger partial charge < -0.3 is 4.74 Å². The number of ether oxygens (including phenoxy) is 1. The second-order valence-electron chi connectivity index (χ2n) is 8.73. The van der Waals surface area contributed by atoms with E-state index in [1.165, 1.54) is 22.9 Å². The highest BCUT2D eigenvalue weighted by Crippen LogP contribution is 2.35. The van der Waals surface area contributed by atoms with Gasteiger partial charge in [-0.05, 0) is 68.5 Å². The van der Waals surface area contributed by atoms with Crippen LogP contribution in [0.2, 0.25) is 0 Å². The molecule has 1 amide bonds. The van der Waals surface area contributed by atoms with Crippen molar-refractivity contribution in [2.75, 3.05) is 12.9 Å². The maximum Gasteiger partial charge on any atom is 0.267 e. The number of thiophene rings is 1. The summed E-state index contributed by atoms with van der Waals surface area (Å²) in [6.45, 7) is 2.01. The van der Waals surface area contributed by atoms with Crippen LogP contribution in [-0.2, 0) is 17.6 Å². The molecule has 0 unspecified atom stereocenters. The highest BCUT2D eigenvalue weighted by Gasteiger charge is 2.23. The van der Waals surface area contributed by atoms with Crippen molar-refractivity contribution in [2.45, 2.75) is 37.8 Å². The number of carbonyl (C=O) groups is 1. The number of aromatic nitrogens is 2. The smallest absolute Gasteiger partial charge is 0.267 e. The Kier molecular flexibility index (Phi) is 7.78. The molecule has 2 aromatic carbocycles. The molecule has 7 nitrogen and oxygen atoms in total. The van der Waals surface area contributed by atoms with Gasteiger partial charge in [0.1, 0.15) is 10.6 Å². The monoisotopic (exact) mass is 596 g/mol. The predicted octanol–water partition coefficient (Wildman–Crippen LogP) is 5.65. The normalized spacial score (nSPS) is 13.2. The first-order chi connectivity index (χ1) is 17.9. The zero-order valence-corrected chi connectivity index (χ0v) is 23.6. The van der Waals surface area contributed by atoms with Crippen molar-refractivity contribution >= 4 is 61.4 Å². The number of nitrogens with zero attached hydrogens (tertiary/aromatic N) is 3. The molecule has 4 aromatic rings. The van der Waals surface area contributed by atoms with Gasteiger partial charge in [0.15, 0.2) is 5.16 Å². The number of hydrogen-bond acceptors (Lipinski definition) is 7. The Morgan fingerprint density at radius 2 is 2.03 bits per heavy atom. The Hall–Kier alpha value is -2.95. The van der Waals surface area contributed by atoms with E-state index in [1.54, 1.807) is 23.0 Å². The second kappa shape index (κ2) is 11.2. The summed E-state index contributed by atoms with van der Waals surface area (Å²) in [6, 6.07) is 13.3. The topological polar surface area (TPSA) is 85.6 Å². The predicted molar refractivity (Wildman–Crippen MR) is 154 cm³/mol. The molecule has 190 valence electrons. The lowest BCUT2D eigenvalue weighted by Crippen LogP contribution is -2.24. The van der Waals surface area contributed by atoms with E-state index in [0.29, 0.717) is 10.9 Å². The van der Waals surface area contributed by atoms with Gasteiger partial charge in [0.2, 0.25) is 0 Å². The van der Waals surface area contributed by atoms with Crippen molar-refractivity contribution in [1.82, 2.24) is 15.0 Å². The van der Waals surface area contributed by atoms with Crippen LogP contribution in [-0.4, -0.2) is 34.5 Å². The van der Waals surface area contributed by atoms with E-state index in [0.717, 1.165) is 62.8 Å². The number of amides is 1. The van der Waals surface area contributed by atoms with Crippen LogP contribution >= 0.6 is 39.0 Å². The molecule has 1 aliphatic rings. The molecule has 2 aromatic heterocycles. The van der Waals surface area contributed by atoms with Gasteiger partial charge in [-0.3, -0.25) is 14.2 Å². The Morgan fingerprint density at radius 3 is 2.81 bits per heavy atom. The van der Waals surface area contributed by atoms with E-state index in [2.05, 4.69) is 26.5 Å². The maximum absolute atomic E-state index is 13.8. The van der Waals surface area contributed by atoms with Gasteiger partial charge in [-0.2, -0.15) is 5.10 Å². The Morgan fingerprint density at radius 1 is 1.24 bits per heavy atom. The minimum atomic E-state index is -0.300. The van der Waals surface area contributed by atoms with Crippen molar-refractivity contribution in [3.8, 4) is 11.4 Å². The summed E-state index contributed by atoms with van der Waals surface area (Å²) < 4.78 is 7.85. The number of hydrogen-bond donors (Lipinski definition) is 1. The summed E-state index contributed by atoms with van der Waals surface area (Å²) in [5.41, 5.74) is 6.20. The third-order valence-electron chi connectivity index (χ3n) is 6.17. The molecule has 1 N–H and O–H groups in total. The van der Waals surface area contributed by atoms with E-state index in [-0.39, 0.29) is 17.2 Å². The number of rotatable bonds is 7. The van der Waals surface area contributed by atoms with Crippen molar-refractivity contribution in [3.63, 3.8) is 0 Å². The number of benzene rings is 2. The standard InChI is InChI=1S/C27H25BrN4O3S2/c1-16-7-10-19(11-8-16)32-26(34)24-20-5-3-4-6-22(20)37-25(24)30-27(32)36-15-23(33)31-29-14-17-13-18(28)9-12-21(17)35-2/h7-14H,3-6,15H2,1-2H3,(H,31,33)/b29-14-. The van der Waals surface area contributed by atoms with Crippen molar-refractivity contribution in [1.29, 1.82) is 0 Å². The van der Waals surface area contributed by atoms with E-state index in [1.807, 2.05) is 49.4 Å². The minimum absolute atomic E-state index is 0.0574. The zero-order valence-electron chi connectivity index (χ0n) is 20.4. The summed E-state index contributed by atoms with van der Waals surface area (Å²) in [7, 11) is 1.58. The highest BCUT2D eigenvalue weighted by molar-refractivity contribution is 9.10. The molecule has 0 fully saturated rings. The molecule has 0 atom stereocenters. The molecule has 0 saturated carbocycles. The number of nitrogens with one attached hydrogen (secondary N) is 1. The maximum atomic E-state index is 13.8. The zero-order chi connectivity index (χ0) is 25.9. The van der Waals surface area contributed by atoms with E-state index >= 15 is 0 Å². The third kappa shape index (κ3) is 5.51. The molecule has 0 saturated heterocycles. The first kappa shape index (κ1) is 25.7. The van der Waals surface area contributed by atoms with E-state index in [9.17, 15) is 9.59 Å².